The summed E-state index contributed by atoms with van der Waals surface area (Å²) >= 11 is 6.13. The van der Waals surface area contributed by atoms with Crippen molar-refractivity contribution in [3.63, 3.8) is 0 Å². The van der Waals surface area contributed by atoms with Gasteiger partial charge in [0.05, 0.1) is 0 Å². The molecule has 0 spiro atoms. The van der Waals surface area contributed by atoms with Crippen LogP contribution in [0.3, 0.4) is 0 Å². The van der Waals surface area contributed by atoms with Gasteiger partial charge in [-0.1, -0.05) is 11.6 Å². The summed E-state index contributed by atoms with van der Waals surface area (Å²) < 4.78 is 13.3. The van der Waals surface area contributed by atoms with E-state index in [-0.39, 0.29) is 11.6 Å². The first-order valence-electron chi connectivity index (χ1n) is 6.87. The van der Waals surface area contributed by atoms with Gasteiger partial charge in [0.25, 0.3) is 0 Å². The third kappa shape index (κ3) is 2.79. The van der Waals surface area contributed by atoms with Crippen LogP contribution in [-0.2, 0) is 13.0 Å². The van der Waals surface area contributed by atoms with Crippen LogP contribution in [0.5, 0.6) is 0 Å². The second kappa shape index (κ2) is 5.49. The zero-order valence-electron chi connectivity index (χ0n) is 11.7. The average Bonchev–Trinajstić information content (AvgIpc) is 2.85. The highest BCUT2D eigenvalue weighted by Gasteiger charge is 2.20. The van der Waals surface area contributed by atoms with Gasteiger partial charge in [-0.05, 0) is 60.9 Å². The number of anilines is 1. The summed E-state index contributed by atoms with van der Waals surface area (Å²) in [5, 5.41) is 0.574. The van der Waals surface area contributed by atoms with Crippen LogP contribution >= 0.6 is 11.6 Å². The lowest BCUT2D eigenvalue weighted by Gasteiger charge is -2.20. The minimum atomic E-state index is -0.277. The van der Waals surface area contributed by atoms with Crippen molar-refractivity contribution in [1.82, 2.24) is 0 Å². The largest absolute Gasteiger partial charge is 0.367 e. The highest BCUT2D eigenvalue weighted by Crippen LogP contribution is 2.31. The molecule has 2 aromatic rings. The van der Waals surface area contributed by atoms with Crippen LogP contribution in [0.25, 0.3) is 0 Å². The van der Waals surface area contributed by atoms with E-state index in [9.17, 15) is 9.18 Å². The molecule has 0 N–H and O–H groups in total. The Labute approximate surface area is 128 Å². The Balaban J connectivity index is 1.88. The van der Waals surface area contributed by atoms with Gasteiger partial charge in [0.2, 0.25) is 0 Å². The summed E-state index contributed by atoms with van der Waals surface area (Å²) in [5.74, 6) is -0.204. The number of carbonyl (C=O) groups excluding carboxylic acids is 1. The van der Waals surface area contributed by atoms with E-state index >= 15 is 0 Å². The number of hydrogen-bond donors (Lipinski definition) is 0. The maximum absolute atomic E-state index is 13.3. The fourth-order valence-corrected chi connectivity index (χ4v) is 2.90. The molecule has 1 aliphatic rings. The molecule has 0 saturated carbocycles. The van der Waals surface area contributed by atoms with Crippen LogP contribution < -0.4 is 4.90 Å². The number of halogens is 2. The molecule has 1 heterocycles. The van der Waals surface area contributed by atoms with Crippen molar-refractivity contribution < 1.29 is 9.18 Å². The number of rotatable bonds is 3. The van der Waals surface area contributed by atoms with E-state index in [0.29, 0.717) is 11.6 Å². The van der Waals surface area contributed by atoms with Crippen molar-refractivity contribution in [2.75, 3.05) is 11.4 Å². The van der Waals surface area contributed by atoms with E-state index in [0.717, 1.165) is 35.3 Å². The minimum absolute atomic E-state index is 0.0735. The third-order valence-corrected chi connectivity index (χ3v) is 4.22. The highest BCUT2D eigenvalue weighted by molar-refractivity contribution is 6.31. The molecule has 4 heteroatoms. The Morgan fingerprint density at radius 1 is 1.29 bits per heavy atom. The van der Waals surface area contributed by atoms with Crippen molar-refractivity contribution in [3.05, 3.63) is 63.9 Å². The first-order valence-corrected chi connectivity index (χ1v) is 7.25. The Kier molecular flexibility index (Phi) is 3.68. The first-order chi connectivity index (χ1) is 10.0. The van der Waals surface area contributed by atoms with Crippen molar-refractivity contribution >= 4 is 23.1 Å². The van der Waals surface area contributed by atoms with E-state index in [1.807, 2.05) is 18.2 Å². The molecule has 0 radical (unpaired) electrons. The average molecular weight is 304 g/mol. The third-order valence-electron chi connectivity index (χ3n) is 3.85. The number of nitrogens with zero attached hydrogens (tertiary/aromatic N) is 1. The molecule has 0 aliphatic carbocycles. The van der Waals surface area contributed by atoms with E-state index in [1.165, 1.54) is 12.1 Å². The molecule has 0 unspecified atom stereocenters. The van der Waals surface area contributed by atoms with Crippen LogP contribution in [0, 0.1) is 5.82 Å². The fourth-order valence-electron chi connectivity index (χ4n) is 2.72. The summed E-state index contributed by atoms with van der Waals surface area (Å²) in [6, 6.07) is 10.2. The van der Waals surface area contributed by atoms with Gasteiger partial charge < -0.3 is 4.90 Å². The van der Waals surface area contributed by atoms with Gasteiger partial charge in [-0.25, -0.2) is 4.39 Å². The van der Waals surface area contributed by atoms with Gasteiger partial charge in [0, 0.05) is 29.4 Å². The zero-order valence-corrected chi connectivity index (χ0v) is 12.5. The van der Waals surface area contributed by atoms with Gasteiger partial charge >= 0.3 is 0 Å². The quantitative estimate of drug-likeness (QED) is 0.790. The van der Waals surface area contributed by atoms with Crippen LogP contribution in [0.2, 0.25) is 5.02 Å². The molecule has 0 fully saturated rings. The SMILES string of the molecule is CC(=O)c1ccc2c(c1)CCN2Cc1cc(F)ccc1Cl. The normalized spacial score (nSPS) is 13.4. The summed E-state index contributed by atoms with van der Waals surface area (Å²) in [4.78, 5) is 13.6. The maximum Gasteiger partial charge on any atom is 0.159 e. The van der Waals surface area contributed by atoms with E-state index < -0.39 is 0 Å². The van der Waals surface area contributed by atoms with Gasteiger partial charge in [0.1, 0.15) is 5.82 Å². The van der Waals surface area contributed by atoms with Gasteiger partial charge in [0.15, 0.2) is 5.78 Å². The number of Topliss-reactive ketones (excluding diaryl/α,β-unsaturated/α-hetero) is 1. The lowest BCUT2D eigenvalue weighted by Crippen LogP contribution is -2.20. The Hall–Kier alpha value is -1.87. The second-order valence-electron chi connectivity index (χ2n) is 5.31. The zero-order chi connectivity index (χ0) is 15.0. The Morgan fingerprint density at radius 3 is 2.86 bits per heavy atom. The van der Waals surface area contributed by atoms with Gasteiger partial charge in [-0.3, -0.25) is 4.79 Å². The van der Waals surface area contributed by atoms with Crippen LogP contribution in [0.15, 0.2) is 36.4 Å². The highest BCUT2D eigenvalue weighted by atomic mass is 35.5. The summed E-state index contributed by atoms with van der Waals surface area (Å²) in [6.45, 7) is 2.99. The Morgan fingerprint density at radius 2 is 2.10 bits per heavy atom. The molecule has 2 nitrogen and oxygen atoms in total. The molecule has 3 rings (SSSR count). The molecule has 0 saturated heterocycles. The van der Waals surface area contributed by atoms with E-state index in [2.05, 4.69) is 4.90 Å². The number of benzene rings is 2. The van der Waals surface area contributed by atoms with Gasteiger partial charge in [-0.2, -0.15) is 0 Å². The van der Waals surface area contributed by atoms with Crippen molar-refractivity contribution in [3.8, 4) is 0 Å². The molecule has 0 atom stereocenters. The Bertz CT molecular complexity index is 714. The molecule has 0 aromatic heterocycles. The monoisotopic (exact) mass is 303 g/mol. The fraction of sp³-hybridized carbons (Fsp3) is 0.235. The number of carbonyl (C=O) groups is 1. The lowest BCUT2D eigenvalue weighted by molar-refractivity contribution is 0.101. The van der Waals surface area contributed by atoms with Crippen molar-refractivity contribution in [1.29, 1.82) is 0 Å². The smallest absolute Gasteiger partial charge is 0.159 e. The van der Waals surface area contributed by atoms with Crippen LogP contribution in [-0.4, -0.2) is 12.3 Å². The van der Waals surface area contributed by atoms with E-state index in [1.54, 1.807) is 13.0 Å². The maximum atomic E-state index is 13.3. The molecule has 21 heavy (non-hydrogen) atoms. The van der Waals surface area contributed by atoms with Gasteiger partial charge in [-0.15, -0.1) is 0 Å². The second-order valence-corrected chi connectivity index (χ2v) is 5.71. The van der Waals surface area contributed by atoms with Crippen LogP contribution in [0.4, 0.5) is 10.1 Å². The number of hydrogen-bond acceptors (Lipinski definition) is 2. The van der Waals surface area contributed by atoms with Crippen molar-refractivity contribution in [2.24, 2.45) is 0 Å². The predicted molar refractivity (Wildman–Crippen MR) is 82.6 cm³/mol. The summed E-state index contributed by atoms with van der Waals surface area (Å²) in [5.41, 5.74) is 3.77. The van der Waals surface area contributed by atoms with Crippen molar-refractivity contribution in [2.45, 2.75) is 19.9 Å². The molecular weight excluding hydrogens is 289 g/mol. The topological polar surface area (TPSA) is 20.3 Å². The summed E-state index contributed by atoms with van der Waals surface area (Å²) in [7, 11) is 0. The minimum Gasteiger partial charge on any atom is -0.367 e. The molecule has 0 amide bonds. The van der Waals surface area contributed by atoms with Crippen LogP contribution in [0.1, 0.15) is 28.4 Å². The molecular formula is C17H15ClFNO. The molecule has 108 valence electrons. The lowest BCUT2D eigenvalue weighted by atomic mass is 10.1. The van der Waals surface area contributed by atoms with E-state index in [4.69, 9.17) is 11.6 Å². The molecule has 1 aliphatic heterocycles. The first kappa shape index (κ1) is 14.1. The predicted octanol–water partition coefficient (Wildman–Crippen LogP) is 4.24. The molecule has 2 aromatic carbocycles. The number of fused-ring (bicyclic) bond motifs is 1. The summed E-state index contributed by atoms with van der Waals surface area (Å²) in [6.07, 6.45) is 0.892. The molecule has 0 bridgehead atoms. The number of ketones is 1. The standard InChI is InChI=1S/C17H15ClFNO/c1-11(21)12-2-5-17-13(8-12)6-7-20(17)10-14-9-15(19)3-4-16(14)18/h2-5,8-9H,6-7,10H2,1H3.